The Morgan fingerprint density at radius 1 is 1.36 bits per heavy atom. The number of aryl methyl sites for hydroxylation is 1. The van der Waals surface area contributed by atoms with Gasteiger partial charge >= 0.3 is 0 Å². The molecule has 122 valence electrons. The molecule has 2 saturated heterocycles. The number of rotatable bonds is 5. The van der Waals surface area contributed by atoms with Crippen LogP contribution in [0.15, 0.2) is 12.1 Å². The third kappa shape index (κ3) is 3.39. The summed E-state index contributed by atoms with van der Waals surface area (Å²) in [4.78, 5) is 4.45. The molecule has 6 nitrogen and oxygen atoms in total. The molecule has 1 aromatic rings. The quantitative estimate of drug-likeness (QED) is 0.812. The largest absolute Gasteiger partial charge is 0.373 e. The molecule has 3 atom stereocenters. The monoisotopic (exact) mass is 306 g/mol. The van der Waals surface area contributed by atoms with Gasteiger partial charge in [-0.15, -0.1) is 5.10 Å². The highest BCUT2D eigenvalue weighted by Gasteiger charge is 2.45. The van der Waals surface area contributed by atoms with Crippen LogP contribution in [0.25, 0.3) is 0 Å². The zero-order valence-corrected chi connectivity index (χ0v) is 13.7. The van der Waals surface area contributed by atoms with E-state index in [1.54, 1.807) is 0 Å². The van der Waals surface area contributed by atoms with Crippen LogP contribution in [0.5, 0.6) is 0 Å². The molecule has 0 aromatic carbocycles. The summed E-state index contributed by atoms with van der Waals surface area (Å²) in [6.07, 6.45) is 2.50. The maximum Gasteiger partial charge on any atom is 0.151 e. The van der Waals surface area contributed by atoms with Gasteiger partial charge in [0.15, 0.2) is 5.82 Å². The van der Waals surface area contributed by atoms with Gasteiger partial charge in [-0.25, -0.2) is 0 Å². The molecule has 1 aromatic heterocycles. The van der Waals surface area contributed by atoms with Crippen molar-refractivity contribution in [1.82, 2.24) is 15.1 Å². The zero-order chi connectivity index (χ0) is 15.5. The summed E-state index contributed by atoms with van der Waals surface area (Å²) in [5.41, 5.74) is 0.943. The number of hydrogen-bond acceptors (Lipinski definition) is 6. The Balaban J connectivity index is 1.70. The van der Waals surface area contributed by atoms with Crippen molar-refractivity contribution < 1.29 is 9.47 Å². The molecule has 3 heterocycles. The molecule has 0 saturated carbocycles. The van der Waals surface area contributed by atoms with Crippen LogP contribution in [0.1, 0.15) is 18.5 Å². The molecule has 0 bridgehead atoms. The van der Waals surface area contributed by atoms with Crippen molar-refractivity contribution in [2.75, 3.05) is 45.3 Å². The van der Waals surface area contributed by atoms with Crippen LogP contribution >= 0.6 is 0 Å². The molecule has 3 rings (SSSR count). The van der Waals surface area contributed by atoms with E-state index < -0.39 is 0 Å². The summed E-state index contributed by atoms with van der Waals surface area (Å²) in [6, 6.07) is 4.42. The molecule has 0 spiro atoms. The minimum Gasteiger partial charge on any atom is -0.373 e. The molecule has 0 radical (unpaired) electrons. The average Bonchev–Trinajstić information content (AvgIpc) is 2.87. The molecule has 0 amide bonds. The van der Waals surface area contributed by atoms with Crippen molar-refractivity contribution in [3.63, 3.8) is 0 Å². The zero-order valence-electron chi connectivity index (χ0n) is 13.7. The van der Waals surface area contributed by atoms with Gasteiger partial charge in [0.25, 0.3) is 0 Å². The van der Waals surface area contributed by atoms with E-state index in [9.17, 15) is 0 Å². The Kier molecular flexibility index (Phi) is 4.90. The second-order valence-corrected chi connectivity index (χ2v) is 6.44. The van der Waals surface area contributed by atoms with Gasteiger partial charge in [-0.3, -0.25) is 0 Å². The molecule has 2 fully saturated rings. The Bertz CT molecular complexity index is 480. The van der Waals surface area contributed by atoms with E-state index in [2.05, 4.69) is 40.2 Å². The van der Waals surface area contributed by atoms with Crippen molar-refractivity contribution in [2.45, 2.75) is 38.0 Å². The van der Waals surface area contributed by atoms with Gasteiger partial charge in [0, 0.05) is 19.7 Å². The lowest BCUT2D eigenvalue weighted by Crippen LogP contribution is -2.42. The predicted molar refractivity (Wildman–Crippen MR) is 85.2 cm³/mol. The van der Waals surface area contributed by atoms with Crippen molar-refractivity contribution in [1.29, 1.82) is 0 Å². The Morgan fingerprint density at radius 3 is 2.95 bits per heavy atom. The fraction of sp³-hybridized carbons (Fsp3) is 0.750. The number of likely N-dealkylation sites (N-methyl/N-ethyl adjacent to an activating group) is 1. The van der Waals surface area contributed by atoms with Crippen molar-refractivity contribution in [2.24, 2.45) is 0 Å². The minimum absolute atomic E-state index is 0.119. The van der Waals surface area contributed by atoms with Gasteiger partial charge in [0.2, 0.25) is 0 Å². The fourth-order valence-corrected chi connectivity index (χ4v) is 3.25. The number of ether oxygens (including phenoxy) is 2. The lowest BCUT2D eigenvalue weighted by Gasteiger charge is -2.32. The third-order valence-electron chi connectivity index (χ3n) is 4.43. The first-order chi connectivity index (χ1) is 10.6. The number of aromatic nitrogens is 2. The van der Waals surface area contributed by atoms with Crippen LogP contribution in [0.3, 0.4) is 0 Å². The highest BCUT2D eigenvalue weighted by Crippen LogP contribution is 2.33. The van der Waals surface area contributed by atoms with Crippen molar-refractivity contribution in [3.8, 4) is 0 Å². The molecule has 6 heteroatoms. The second kappa shape index (κ2) is 6.89. The van der Waals surface area contributed by atoms with Gasteiger partial charge < -0.3 is 19.3 Å². The average molecular weight is 306 g/mol. The smallest absolute Gasteiger partial charge is 0.151 e. The second-order valence-electron chi connectivity index (χ2n) is 6.44. The molecule has 0 aliphatic carbocycles. The van der Waals surface area contributed by atoms with Gasteiger partial charge in [-0.05, 0) is 46.0 Å². The van der Waals surface area contributed by atoms with Crippen LogP contribution in [0.4, 0.5) is 5.82 Å². The topological polar surface area (TPSA) is 50.7 Å². The van der Waals surface area contributed by atoms with Crippen molar-refractivity contribution >= 4 is 5.82 Å². The first-order valence-electron chi connectivity index (χ1n) is 8.10. The first-order valence-corrected chi connectivity index (χ1v) is 8.10. The molecule has 0 N–H and O–H groups in total. The Hall–Kier alpha value is -1.24. The van der Waals surface area contributed by atoms with Crippen LogP contribution in [0, 0.1) is 6.92 Å². The van der Waals surface area contributed by atoms with Crippen LogP contribution < -0.4 is 4.90 Å². The minimum atomic E-state index is 0.119. The molecular formula is C16H26N4O2. The normalized spacial score (nSPS) is 28.2. The third-order valence-corrected chi connectivity index (χ3v) is 4.43. The number of anilines is 1. The molecule has 22 heavy (non-hydrogen) atoms. The van der Waals surface area contributed by atoms with Gasteiger partial charge in [0.1, 0.15) is 12.2 Å². The molecule has 0 unspecified atom stereocenters. The number of nitrogens with zero attached hydrogens (tertiary/aromatic N) is 4. The maximum absolute atomic E-state index is 6.10. The lowest BCUT2D eigenvalue weighted by molar-refractivity contribution is -0.0748. The SMILES string of the molecule is Cc1ccc(N2C[C@H](OCCN(C)C)[C@H]3OCCC[C@H]32)nn1. The van der Waals surface area contributed by atoms with Crippen LogP contribution in [-0.2, 0) is 9.47 Å². The van der Waals surface area contributed by atoms with Crippen LogP contribution in [0.2, 0.25) is 0 Å². The summed E-state index contributed by atoms with van der Waals surface area (Å²) in [7, 11) is 4.12. The Morgan fingerprint density at radius 2 is 2.23 bits per heavy atom. The Labute approximate surface area is 132 Å². The van der Waals surface area contributed by atoms with Gasteiger partial charge in [-0.2, -0.15) is 5.10 Å². The van der Waals surface area contributed by atoms with E-state index in [1.807, 2.05) is 13.0 Å². The van der Waals surface area contributed by atoms with E-state index in [-0.39, 0.29) is 12.2 Å². The summed E-state index contributed by atoms with van der Waals surface area (Å²) in [5, 5.41) is 8.54. The first kappa shape index (κ1) is 15.6. The van der Waals surface area contributed by atoms with Gasteiger partial charge in [0.05, 0.1) is 18.3 Å². The summed E-state index contributed by atoms with van der Waals surface area (Å²) in [5.74, 6) is 0.935. The predicted octanol–water partition coefficient (Wildman–Crippen LogP) is 1.10. The fourth-order valence-electron chi connectivity index (χ4n) is 3.25. The summed E-state index contributed by atoms with van der Waals surface area (Å²) in [6.45, 7) is 5.29. The number of fused-ring (bicyclic) bond motifs is 1. The highest BCUT2D eigenvalue weighted by atomic mass is 16.5. The van der Waals surface area contributed by atoms with Gasteiger partial charge in [-0.1, -0.05) is 0 Å². The molecule has 2 aliphatic heterocycles. The highest BCUT2D eigenvalue weighted by molar-refractivity contribution is 5.42. The van der Waals surface area contributed by atoms with E-state index in [0.29, 0.717) is 6.04 Å². The number of hydrogen-bond donors (Lipinski definition) is 0. The summed E-state index contributed by atoms with van der Waals surface area (Å²) >= 11 is 0. The van der Waals surface area contributed by atoms with Crippen molar-refractivity contribution in [3.05, 3.63) is 17.8 Å². The van der Waals surface area contributed by atoms with E-state index in [4.69, 9.17) is 9.47 Å². The van der Waals surface area contributed by atoms with E-state index in [1.165, 1.54) is 0 Å². The maximum atomic E-state index is 6.10. The molecular weight excluding hydrogens is 280 g/mol. The standard InChI is InChI=1S/C16H26N4O2/c1-12-6-7-15(18-17-12)20-11-14(21-10-8-19(2)3)16-13(20)5-4-9-22-16/h6-7,13-14,16H,4-5,8-11H2,1-3H3/t13-,14+,16+/m1/s1. The van der Waals surface area contributed by atoms with E-state index in [0.717, 1.165) is 50.7 Å². The van der Waals surface area contributed by atoms with E-state index >= 15 is 0 Å². The lowest BCUT2D eigenvalue weighted by atomic mass is 10.0. The molecule has 2 aliphatic rings. The summed E-state index contributed by atoms with van der Waals surface area (Å²) < 4.78 is 12.1. The van der Waals surface area contributed by atoms with Crippen LogP contribution in [-0.4, -0.2) is 73.7 Å².